The molecule has 0 saturated heterocycles. The van der Waals surface area contributed by atoms with Gasteiger partial charge in [0.05, 0.1) is 12.8 Å². The van der Waals surface area contributed by atoms with Gasteiger partial charge in [-0.3, -0.25) is 0 Å². The summed E-state index contributed by atoms with van der Waals surface area (Å²) in [5, 5.41) is 3.27. The molecule has 0 aliphatic rings. The van der Waals surface area contributed by atoms with Gasteiger partial charge in [0.1, 0.15) is 18.1 Å². The summed E-state index contributed by atoms with van der Waals surface area (Å²) < 4.78 is 10.9. The summed E-state index contributed by atoms with van der Waals surface area (Å²) in [6.45, 7) is 6.57. The Morgan fingerprint density at radius 2 is 1.95 bits per heavy atom. The van der Waals surface area contributed by atoms with Crippen LogP contribution in [-0.4, -0.2) is 13.2 Å². The lowest BCUT2D eigenvalue weighted by Crippen LogP contribution is -2.20. The molecule has 0 bridgehead atoms. The van der Waals surface area contributed by atoms with Crippen LogP contribution in [0.1, 0.15) is 31.1 Å². The first-order chi connectivity index (χ1) is 9.25. The van der Waals surface area contributed by atoms with Crippen molar-refractivity contribution in [3.8, 4) is 5.75 Å². The number of hydrogen-bond acceptors (Lipinski definition) is 3. The molecule has 1 heterocycles. The molecule has 19 heavy (non-hydrogen) atoms. The van der Waals surface area contributed by atoms with E-state index in [4.69, 9.17) is 9.15 Å². The van der Waals surface area contributed by atoms with Gasteiger partial charge in [-0.2, -0.15) is 0 Å². The third-order valence-corrected chi connectivity index (χ3v) is 2.97. The molecule has 0 fully saturated rings. The van der Waals surface area contributed by atoms with E-state index in [9.17, 15) is 0 Å². The van der Waals surface area contributed by atoms with E-state index in [-0.39, 0.29) is 0 Å². The summed E-state index contributed by atoms with van der Waals surface area (Å²) in [5.41, 5.74) is 1.34. The van der Waals surface area contributed by atoms with Crippen LogP contribution in [0.2, 0.25) is 0 Å². The third kappa shape index (κ3) is 4.45. The second-order valence-electron chi connectivity index (χ2n) is 4.83. The molecule has 1 N–H and O–H groups in total. The molecule has 1 aromatic heterocycles. The molecule has 102 valence electrons. The normalized spacial score (nSPS) is 10.9. The Kier molecular flexibility index (Phi) is 5.04. The van der Waals surface area contributed by atoms with Crippen LogP contribution in [0.5, 0.6) is 5.75 Å². The average Bonchev–Trinajstić information content (AvgIpc) is 2.92. The van der Waals surface area contributed by atoms with Crippen molar-refractivity contribution < 1.29 is 9.15 Å². The van der Waals surface area contributed by atoms with Crippen LogP contribution >= 0.6 is 0 Å². The molecule has 0 atom stereocenters. The smallest absolute Gasteiger partial charge is 0.119 e. The minimum absolute atomic E-state index is 0.559. The van der Waals surface area contributed by atoms with Gasteiger partial charge >= 0.3 is 0 Å². The molecule has 0 amide bonds. The molecule has 1 aromatic carbocycles. The highest BCUT2D eigenvalue weighted by molar-refractivity contribution is 5.28. The van der Waals surface area contributed by atoms with Crippen molar-refractivity contribution in [3.63, 3.8) is 0 Å². The number of furan rings is 1. The van der Waals surface area contributed by atoms with Crippen molar-refractivity contribution >= 4 is 0 Å². The number of nitrogens with one attached hydrogen (secondary N) is 1. The Bertz CT molecular complexity index is 460. The van der Waals surface area contributed by atoms with E-state index in [0.29, 0.717) is 12.5 Å². The summed E-state index contributed by atoms with van der Waals surface area (Å²) >= 11 is 0. The Balaban J connectivity index is 1.65. The maximum absolute atomic E-state index is 5.67. The molecule has 3 heteroatoms. The maximum atomic E-state index is 5.67. The van der Waals surface area contributed by atoms with Gasteiger partial charge in [-0.05, 0) is 35.7 Å². The summed E-state index contributed by atoms with van der Waals surface area (Å²) in [6, 6.07) is 12.2. The van der Waals surface area contributed by atoms with E-state index in [2.05, 4.69) is 31.3 Å². The number of ether oxygens (including phenoxy) is 1. The fourth-order valence-corrected chi connectivity index (χ4v) is 1.81. The predicted molar refractivity (Wildman–Crippen MR) is 76.4 cm³/mol. The van der Waals surface area contributed by atoms with Crippen molar-refractivity contribution in [2.24, 2.45) is 0 Å². The summed E-state index contributed by atoms with van der Waals surface area (Å²) in [5.74, 6) is 2.43. The highest BCUT2D eigenvalue weighted by Crippen LogP contribution is 2.18. The van der Waals surface area contributed by atoms with Crippen LogP contribution in [0.15, 0.2) is 47.1 Å². The number of hydrogen-bond donors (Lipinski definition) is 1. The van der Waals surface area contributed by atoms with Crippen LogP contribution in [-0.2, 0) is 6.54 Å². The molecule has 3 nitrogen and oxygen atoms in total. The van der Waals surface area contributed by atoms with Crippen LogP contribution in [0.25, 0.3) is 0 Å². The summed E-state index contributed by atoms with van der Waals surface area (Å²) in [6.07, 6.45) is 1.68. The zero-order chi connectivity index (χ0) is 13.5. The second kappa shape index (κ2) is 7.00. The Labute approximate surface area is 114 Å². The van der Waals surface area contributed by atoms with Crippen LogP contribution in [0.4, 0.5) is 0 Å². The molecule has 0 unspecified atom stereocenters. The molecule has 2 rings (SSSR count). The van der Waals surface area contributed by atoms with Gasteiger partial charge in [0.15, 0.2) is 0 Å². The van der Waals surface area contributed by atoms with Gasteiger partial charge in [-0.1, -0.05) is 26.0 Å². The number of benzene rings is 1. The average molecular weight is 259 g/mol. The second-order valence-corrected chi connectivity index (χ2v) is 4.83. The largest absolute Gasteiger partial charge is 0.492 e. The molecular formula is C16H21NO2. The van der Waals surface area contributed by atoms with Gasteiger partial charge in [0.2, 0.25) is 0 Å². The van der Waals surface area contributed by atoms with Crippen molar-refractivity contribution in [1.82, 2.24) is 5.32 Å². The van der Waals surface area contributed by atoms with E-state index in [1.807, 2.05) is 24.3 Å². The topological polar surface area (TPSA) is 34.4 Å². The Hall–Kier alpha value is -1.74. The van der Waals surface area contributed by atoms with Crippen molar-refractivity contribution in [2.75, 3.05) is 13.2 Å². The first kappa shape index (κ1) is 13.7. The lowest BCUT2D eigenvalue weighted by molar-refractivity contribution is 0.311. The van der Waals surface area contributed by atoms with Gasteiger partial charge < -0.3 is 14.5 Å². The monoisotopic (exact) mass is 259 g/mol. The molecule has 0 radical (unpaired) electrons. The molecule has 0 aliphatic heterocycles. The summed E-state index contributed by atoms with van der Waals surface area (Å²) in [4.78, 5) is 0. The van der Waals surface area contributed by atoms with Crippen molar-refractivity contribution in [2.45, 2.75) is 26.3 Å². The Morgan fingerprint density at radius 1 is 1.16 bits per heavy atom. The minimum atomic E-state index is 0.559. The van der Waals surface area contributed by atoms with E-state index < -0.39 is 0 Å². The standard InChI is InChI=1S/C16H21NO2/c1-13(2)14-5-7-15(8-6-14)19-11-9-17-12-16-4-3-10-18-16/h3-8,10,13,17H,9,11-12H2,1-2H3. The van der Waals surface area contributed by atoms with Gasteiger partial charge in [-0.15, -0.1) is 0 Å². The van der Waals surface area contributed by atoms with E-state index >= 15 is 0 Å². The van der Waals surface area contributed by atoms with Crippen LogP contribution in [0.3, 0.4) is 0 Å². The minimum Gasteiger partial charge on any atom is -0.492 e. The molecule has 0 spiro atoms. The van der Waals surface area contributed by atoms with Gasteiger partial charge in [0.25, 0.3) is 0 Å². The quantitative estimate of drug-likeness (QED) is 0.772. The van der Waals surface area contributed by atoms with Crippen LogP contribution < -0.4 is 10.1 Å². The highest BCUT2D eigenvalue weighted by Gasteiger charge is 1.99. The first-order valence-corrected chi connectivity index (χ1v) is 6.71. The zero-order valence-electron chi connectivity index (χ0n) is 11.6. The first-order valence-electron chi connectivity index (χ1n) is 6.71. The van der Waals surface area contributed by atoms with E-state index in [1.54, 1.807) is 6.26 Å². The lowest BCUT2D eigenvalue weighted by Gasteiger charge is -2.09. The number of rotatable bonds is 7. The molecule has 0 saturated carbocycles. The maximum Gasteiger partial charge on any atom is 0.119 e. The lowest BCUT2D eigenvalue weighted by atomic mass is 10.0. The third-order valence-electron chi connectivity index (χ3n) is 2.97. The SMILES string of the molecule is CC(C)c1ccc(OCCNCc2ccco2)cc1. The molecular weight excluding hydrogens is 238 g/mol. The van der Waals surface area contributed by atoms with Crippen LogP contribution in [0, 0.1) is 0 Å². The molecule has 0 aliphatic carbocycles. The highest BCUT2D eigenvalue weighted by atomic mass is 16.5. The van der Waals surface area contributed by atoms with Gasteiger partial charge in [-0.25, -0.2) is 0 Å². The summed E-state index contributed by atoms with van der Waals surface area (Å²) in [7, 11) is 0. The van der Waals surface area contributed by atoms with Crippen molar-refractivity contribution in [1.29, 1.82) is 0 Å². The van der Waals surface area contributed by atoms with Gasteiger partial charge in [0, 0.05) is 6.54 Å². The van der Waals surface area contributed by atoms with Crippen molar-refractivity contribution in [3.05, 3.63) is 54.0 Å². The predicted octanol–water partition coefficient (Wildman–Crippen LogP) is 3.57. The fraction of sp³-hybridized carbons (Fsp3) is 0.375. The Morgan fingerprint density at radius 3 is 2.58 bits per heavy atom. The molecule has 2 aromatic rings. The fourth-order valence-electron chi connectivity index (χ4n) is 1.81. The zero-order valence-corrected chi connectivity index (χ0v) is 11.6. The van der Waals surface area contributed by atoms with E-state index in [0.717, 1.165) is 24.6 Å². The van der Waals surface area contributed by atoms with E-state index in [1.165, 1.54) is 5.56 Å².